The van der Waals surface area contributed by atoms with E-state index in [1.165, 1.54) is 19.3 Å². The average Bonchev–Trinajstić information content (AvgIpc) is 2.33. The van der Waals surface area contributed by atoms with Crippen LogP contribution < -0.4 is 5.32 Å². The molecule has 1 aliphatic heterocycles. The lowest BCUT2D eigenvalue weighted by Crippen LogP contribution is -2.56. The number of hydrogen-bond acceptors (Lipinski definition) is 3. The molecule has 0 aromatic rings. The maximum absolute atomic E-state index is 12.4. The van der Waals surface area contributed by atoms with E-state index in [0.717, 1.165) is 6.54 Å². The quantitative estimate of drug-likeness (QED) is 0.843. The maximum Gasteiger partial charge on any atom is 0.247 e. The Kier molecular flexibility index (Phi) is 3.63. The molecule has 0 radical (unpaired) electrons. The predicted octanol–water partition coefficient (Wildman–Crippen LogP) is 1.40. The van der Waals surface area contributed by atoms with Crippen LogP contribution in [0, 0.1) is 0 Å². The van der Waals surface area contributed by atoms with E-state index >= 15 is 0 Å². The van der Waals surface area contributed by atoms with E-state index in [1.807, 2.05) is 16.7 Å². The molecule has 102 valence electrons. The fourth-order valence-corrected chi connectivity index (χ4v) is 3.68. The first-order valence-electron chi connectivity index (χ1n) is 6.54. The fourth-order valence-electron chi connectivity index (χ4n) is 2.69. The molecule has 0 aromatic heterocycles. The van der Waals surface area contributed by atoms with Crippen LogP contribution in [0.4, 0.5) is 0 Å². The summed E-state index contributed by atoms with van der Waals surface area (Å²) in [4.78, 5) is 25.9. The fraction of sp³-hybridized carbons (Fsp3) is 0.846. The third kappa shape index (κ3) is 2.51. The molecule has 2 amide bonds. The summed E-state index contributed by atoms with van der Waals surface area (Å²) in [5.74, 6) is 0.0244. The van der Waals surface area contributed by atoms with Crippen molar-refractivity contribution >= 4 is 23.6 Å². The monoisotopic (exact) mass is 270 g/mol. The number of amides is 2. The lowest BCUT2D eigenvalue weighted by atomic mass is 9.83. The Hall–Kier alpha value is -0.710. The number of nitrogens with zero attached hydrogens (tertiary/aromatic N) is 1. The van der Waals surface area contributed by atoms with E-state index in [9.17, 15) is 9.59 Å². The summed E-state index contributed by atoms with van der Waals surface area (Å²) in [6, 6.07) is 0. The lowest BCUT2D eigenvalue weighted by molar-refractivity contribution is -0.137. The molecular weight excluding hydrogens is 248 g/mol. The summed E-state index contributed by atoms with van der Waals surface area (Å²) in [5.41, 5.74) is -0.767. The number of carbonyl (C=O) groups is 2. The minimum atomic E-state index is -0.767. The zero-order valence-electron chi connectivity index (χ0n) is 11.4. The van der Waals surface area contributed by atoms with Crippen molar-refractivity contribution in [3.63, 3.8) is 0 Å². The standard InChI is InChI=1S/C13H22N2O2S/c1-12(2)11(17)15(8-5-10(16)14-12)9-13(18-3)6-4-7-13/h4-9H2,1-3H3,(H,14,16). The highest BCUT2D eigenvalue weighted by molar-refractivity contribution is 8.00. The molecule has 18 heavy (non-hydrogen) atoms. The molecule has 1 heterocycles. The molecule has 2 fully saturated rings. The van der Waals surface area contributed by atoms with Gasteiger partial charge < -0.3 is 10.2 Å². The molecule has 0 aromatic carbocycles. The van der Waals surface area contributed by atoms with Crippen LogP contribution in [0.25, 0.3) is 0 Å². The van der Waals surface area contributed by atoms with Gasteiger partial charge in [-0.15, -0.1) is 0 Å². The Balaban J connectivity index is 2.11. The Labute approximate surface area is 113 Å². The third-order valence-electron chi connectivity index (χ3n) is 4.06. The van der Waals surface area contributed by atoms with Gasteiger partial charge in [-0.25, -0.2) is 0 Å². The molecule has 0 bridgehead atoms. The first-order chi connectivity index (χ1) is 8.38. The van der Waals surface area contributed by atoms with Crippen LogP contribution in [-0.4, -0.2) is 46.3 Å². The van der Waals surface area contributed by atoms with Crippen molar-refractivity contribution in [1.29, 1.82) is 0 Å². The van der Waals surface area contributed by atoms with Crippen LogP contribution in [0.15, 0.2) is 0 Å². The van der Waals surface area contributed by atoms with Crippen LogP contribution in [0.2, 0.25) is 0 Å². The summed E-state index contributed by atoms with van der Waals surface area (Å²) >= 11 is 1.86. The molecule has 5 heteroatoms. The van der Waals surface area contributed by atoms with Gasteiger partial charge in [-0.3, -0.25) is 9.59 Å². The minimum Gasteiger partial charge on any atom is -0.342 e. The van der Waals surface area contributed by atoms with E-state index in [4.69, 9.17) is 0 Å². The van der Waals surface area contributed by atoms with Gasteiger partial charge in [0.15, 0.2) is 0 Å². The van der Waals surface area contributed by atoms with Crippen LogP contribution >= 0.6 is 11.8 Å². The number of carbonyl (C=O) groups excluding carboxylic acids is 2. The Bertz CT molecular complexity index is 358. The number of nitrogens with one attached hydrogen (secondary N) is 1. The maximum atomic E-state index is 12.4. The van der Waals surface area contributed by atoms with E-state index in [-0.39, 0.29) is 16.6 Å². The molecule has 2 aliphatic rings. The summed E-state index contributed by atoms with van der Waals surface area (Å²) in [7, 11) is 0. The van der Waals surface area contributed by atoms with Gasteiger partial charge in [-0.2, -0.15) is 11.8 Å². The summed E-state index contributed by atoms with van der Waals surface area (Å²) in [6.45, 7) is 4.91. The first kappa shape index (κ1) is 13.7. The predicted molar refractivity (Wildman–Crippen MR) is 73.5 cm³/mol. The summed E-state index contributed by atoms with van der Waals surface area (Å²) in [6.07, 6.45) is 6.15. The SMILES string of the molecule is CSC1(CN2CCC(=O)NC(C)(C)C2=O)CCC1. The van der Waals surface area contributed by atoms with Gasteiger partial charge in [0.2, 0.25) is 11.8 Å². The second-order valence-corrected chi connectivity index (χ2v) is 7.16. The zero-order valence-corrected chi connectivity index (χ0v) is 12.2. The van der Waals surface area contributed by atoms with Crippen molar-refractivity contribution in [3.8, 4) is 0 Å². The van der Waals surface area contributed by atoms with Crippen molar-refractivity contribution in [2.75, 3.05) is 19.3 Å². The first-order valence-corrected chi connectivity index (χ1v) is 7.77. The van der Waals surface area contributed by atoms with Gasteiger partial charge in [0.05, 0.1) is 0 Å². The molecule has 2 rings (SSSR count). The van der Waals surface area contributed by atoms with E-state index < -0.39 is 5.54 Å². The van der Waals surface area contributed by atoms with Crippen LogP contribution in [-0.2, 0) is 9.59 Å². The average molecular weight is 270 g/mol. The molecule has 4 nitrogen and oxygen atoms in total. The highest BCUT2D eigenvalue weighted by Gasteiger charge is 2.43. The topological polar surface area (TPSA) is 49.4 Å². The van der Waals surface area contributed by atoms with Crippen LogP contribution in [0.5, 0.6) is 0 Å². The number of rotatable bonds is 3. The molecular formula is C13H22N2O2S. The van der Waals surface area contributed by atoms with Gasteiger partial charge in [-0.05, 0) is 32.9 Å². The van der Waals surface area contributed by atoms with Crippen molar-refractivity contribution < 1.29 is 9.59 Å². The lowest BCUT2D eigenvalue weighted by Gasteiger charge is -2.44. The van der Waals surface area contributed by atoms with Crippen molar-refractivity contribution in [2.24, 2.45) is 0 Å². The molecule has 0 atom stereocenters. The largest absolute Gasteiger partial charge is 0.342 e. The van der Waals surface area contributed by atoms with Gasteiger partial charge in [0.1, 0.15) is 5.54 Å². The van der Waals surface area contributed by atoms with Crippen LogP contribution in [0.3, 0.4) is 0 Å². The molecule has 1 N–H and O–H groups in total. The molecule has 0 spiro atoms. The van der Waals surface area contributed by atoms with Gasteiger partial charge in [0.25, 0.3) is 0 Å². The second kappa shape index (κ2) is 4.76. The van der Waals surface area contributed by atoms with Gasteiger partial charge in [0, 0.05) is 24.3 Å². The number of thioether (sulfide) groups is 1. The number of hydrogen-bond donors (Lipinski definition) is 1. The molecule has 1 aliphatic carbocycles. The molecule has 1 saturated heterocycles. The smallest absolute Gasteiger partial charge is 0.247 e. The summed E-state index contributed by atoms with van der Waals surface area (Å²) < 4.78 is 0.235. The summed E-state index contributed by atoms with van der Waals surface area (Å²) in [5, 5.41) is 2.80. The van der Waals surface area contributed by atoms with Crippen molar-refractivity contribution in [2.45, 2.75) is 49.8 Å². The third-order valence-corrected chi connectivity index (χ3v) is 5.46. The Morgan fingerprint density at radius 2 is 2.00 bits per heavy atom. The Morgan fingerprint density at radius 3 is 2.50 bits per heavy atom. The molecule has 0 unspecified atom stereocenters. The van der Waals surface area contributed by atoms with E-state index in [1.54, 1.807) is 13.8 Å². The molecule has 1 saturated carbocycles. The second-order valence-electron chi connectivity index (χ2n) is 5.89. The minimum absolute atomic E-state index is 0.0253. The van der Waals surface area contributed by atoms with E-state index in [0.29, 0.717) is 13.0 Å². The van der Waals surface area contributed by atoms with Crippen LogP contribution in [0.1, 0.15) is 39.5 Å². The Morgan fingerprint density at radius 1 is 1.33 bits per heavy atom. The highest BCUT2D eigenvalue weighted by atomic mass is 32.2. The highest BCUT2D eigenvalue weighted by Crippen LogP contribution is 2.43. The normalized spacial score (nSPS) is 26.3. The van der Waals surface area contributed by atoms with E-state index in [2.05, 4.69) is 11.6 Å². The van der Waals surface area contributed by atoms with Gasteiger partial charge >= 0.3 is 0 Å². The van der Waals surface area contributed by atoms with Crippen molar-refractivity contribution in [1.82, 2.24) is 10.2 Å². The van der Waals surface area contributed by atoms with Gasteiger partial charge in [-0.1, -0.05) is 6.42 Å². The van der Waals surface area contributed by atoms with Crippen molar-refractivity contribution in [3.05, 3.63) is 0 Å². The zero-order chi connectivity index (χ0) is 13.4.